The van der Waals surface area contributed by atoms with Gasteiger partial charge < -0.3 is 15.1 Å². The van der Waals surface area contributed by atoms with Gasteiger partial charge in [-0.1, -0.05) is 12.1 Å². The quantitative estimate of drug-likeness (QED) is 0.898. The summed E-state index contributed by atoms with van der Waals surface area (Å²) in [6.07, 6.45) is 1.85. The molecule has 2 aliphatic heterocycles. The first-order chi connectivity index (χ1) is 10.6. The highest BCUT2D eigenvalue weighted by atomic mass is 35.5. The van der Waals surface area contributed by atoms with Crippen molar-refractivity contribution in [3.63, 3.8) is 0 Å². The average molecular weight is 342 g/mol. The maximum absolute atomic E-state index is 13.2. The van der Waals surface area contributed by atoms with E-state index in [9.17, 15) is 14.0 Å². The van der Waals surface area contributed by atoms with Crippen LogP contribution in [-0.4, -0.2) is 53.8 Å². The van der Waals surface area contributed by atoms with Gasteiger partial charge in [0.05, 0.1) is 12.6 Å². The summed E-state index contributed by atoms with van der Waals surface area (Å²) in [5, 5.41) is 3.17. The molecule has 23 heavy (non-hydrogen) atoms. The van der Waals surface area contributed by atoms with E-state index in [1.165, 1.54) is 12.1 Å². The molecule has 0 bridgehead atoms. The highest BCUT2D eigenvalue weighted by molar-refractivity contribution is 5.88. The Morgan fingerprint density at radius 3 is 2.83 bits per heavy atom. The molecule has 7 heteroatoms. The minimum absolute atomic E-state index is 0. The van der Waals surface area contributed by atoms with Gasteiger partial charge in [-0.2, -0.15) is 0 Å². The second kappa shape index (κ2) is 7.75. The van der Waals surface area contributed by atoms with E-state index >= 15 is 0 Å². The van der Waals surface area contributed by atoms with Gasteiger partial charge in [-0.3, -0.25) is 9.59 Å². The zero-order chi connectivity index (χ0) is 15.5. The first-order valence-corrected chi connectivity index (χ1v) is 7.68. The Labute approximate surface area is 141 Å². The number of halogens is 2. The second-order valence-electron chi connectivity index (χ2n) is 5.85. The molecule has 2 heterocycles. The molecule has 2 amide bonds. The van der Waals surface area contributed by atoms with Crippen LogP contribution >= 0.6 is 12.4 Å². The third-order valence-corrected chi connectivity index (χ3v) is 4.25. The fraction of sp³-hybridized carbons (Fsp3) is 0.500. The molecule has 2 saturated heterocycles. The van der Waals surface area contributed by atoms with E-state index in [4.69, 9.17) is 0 Å². The minimum Gasteiger partial charge on any atom is -0.335 e. The molecule has 0 radical (unpaired) electrons. The lowest BCUT2D eigenvalue weighted by Crippen LogP contribution is -2.55. The van der Waals surface area contributed by atoms with Gasteiger partial charge in [0, 0.05) is 19.6 Å². The number of rotatable bonds is 3. The maximum Gasteiger partial charge on any atom is 0.242 e. The third-order valence-electron chi connectivity index (χ3n) is 4.25. The molecule has 2 aliphatic rings. The molecular formula is C16H21ClFN3O2. The Morgan fingerprint density at radius 2 is 2.17 bits per heavy atom. The monoisotopic (exact) mass is 341 g/mol. The second-order valence-corrected chi connectivity index (χ2v) is 5.85. The summed E-state index contributed by atoms with van der Waals surface area (Å²) in [5.74, 6) is -0.357. The number of benzene rings is 1. The van der Waals surface area contributed by atoms with Gasteiger partial charge in [0.15, 0.2) is 0 Å². The highest BCUT2D eigenvalue weighted by Gasteiger charge is 2.32. The smallest absolute Gasteiger partial charge is 0.242 e. The van der Waals surface area contributed by atoms with Crippen LogP contribution in [0.25, 0.3) is 0 Å². The van der Waals surface area contributed by atoms with E-state index < -0.39 is 0 Å². The SMILES string of the molecule is Cl.O=C1CN(C(=O)C2CCCN2)CCN1Cc1cccc(F)c1. The van der Waals surface area contributed by atoms with Gasteiger partial charge >= 0.3 is 0 Å². The van der Waals surface area contributed by atoms with Crippen molar-refractivity contribution in [2.45, 2.75) is 25.4 Å². The lowest BCUT2D eigenvalue weighted by atomic mass is 10.1. The summed E-state index contributed by atoms with van der Waals surface area (Å²) in [6, 6.07) is 6.13. The molecule has 0 aromatic heterocycles. The number of carbonyl (C=O) groups is 2. The van der Waals surface area contributed by atoms with E-state index in [2.05, 4.69) is 5.32 Å². The van der Waals surface area contributed by atoms with Crippen LogP contribution in [0.3, 0.4) is 0 Å². The first kappa shape index (κ1) is 17.7. The molecule has 1 aromatic carbocycles. The van der Waals surface area contributed by atoms with Crippen molar-refractivity contribution < 1.29 is 14.0 Å². The Bertz CT molecular complexity index is 578. The van der Waals surface area contributed by atoms with Gasteiger partial charge in [-0.05, 0) is 37.1 Å². The largest absolute Gasteiger partial charge is 0.335 e. The number of piperazine rings is 1. The summed E-state index contributed by atoms with van der Waals surface area (Å²) in [6.45, 7) is 2.41. The summed E-state index contributed by atoms with van der Waals surface area (Å²) in [7, 11) is 0. The molecule has 1 N–H and O–H groups in total. The average Bonchev–Trinajstić information content (AvgIpc) is 3.03. The Balaban J connectivity index is 0.00000192. The van der Waals surface area contributed by atoms with E-state index in [1.807, 2.05) is 0 Å². The Kier molecular flexibility index (Phi) is 5.96. The van der Waals surface area contributed by atoms with Crippen molar-refractivity contribution in [1.82, 2.24) is 15.1 Å². The standard InChI is InChI=1S/C16H20FN3O2.ClH/c17-13-4-1-3-12(9-13)10-19-7-8-20(11-15(19)21)16(22)14-5-2-6-18-14;/h1,3-4,9,14,18H,2,5-8,10-11H2;1H. The number of nitrogens with one attached hydrogen (secondary N) is 1. The Hall–Kier alpha value is -1.66. The van der Waals surface area contributed by atoms with Crippen LogP contribution in [0, 0.1) is 5.82 Å². The molecule has 0 saturated carbocycles. The van der Waals surface area contributed by atoms with Crippen LogP contribution < -0.4 is 5.32 Å². The zero-order valence-electron chi connectivity index (χ0n) is 12.8. The fourth-order valence-electron chi connectivity index (χ4n) is 3.04. The summed E-state index contributed by atoms with van der Waals surface area (Å²) >= 11 is 0. The van der Waals surface area contributed by atoms with Crippen molar-refractivity contribution in [3.05, 3.63) is 35.6 Å². The van der Waals surface area contributed by atoms with Crippen molar-refractivity contribution >= 4 is 24.2 Å². The van der Waals surface area contributed by atoms with Crippen molar-refractivity contribution in [2.75, 3.05) is 26.2 Å². The third kappa shape index (κ3) is 4.20. The lowest BCUT2D eigenvalue weighted by Gasteiger charge is -2.35. The molecule has 1 atom stereocenters. The first-order valence-electron chi connectivity index (χ1n) is 7.68. The van der Waals surface area contributed by atoms with Gasteiger partial charge in [-0.25, -0.2) is 4.39 Å². The summed E-state index contributed by atoms with van der Waals surface area (Å²) < 4.78 is 13.2. The predicted octanol–water partition coefficient (Wildman–Crippen LogP) is 1.17. The van der Waals surface area contributed by atoms with Crippen LogP contribution in [0.2, 0.25) is 0 Å². The molecule has 126 valence electrons. The molecule has 0 spiro atoms. The molecule has 1 unspecified atom stereocenters. The van der Waals surface area contributed by atoms with Gasteiger partial charge in [0.2, 0.25) is 11.8 Å². The number of hydrogen-bond acceptors (Lipinski definition) is 3. The van der Waals surface area contributed by atoms with E-state index in [0.717, 1.165) is 24.9 Å². The van der Waals surface area contributed by atoms with Crippen LogP contribution in [-0.2, 0) is 16.1 Å². The fourth-order valence-corrected chi connectivity index (χ4v) is 3.04. The van der Waals surface area contributed by atoms with Crippen LogP contribution in [0.1, 0.15) is 18.4 Å². The van der Waals surface area contributed by atoms with Crippen molar-refractivity contribution in [3.8, 4) is 0 Å². The molecule has 1 aromatic rings. The van der Waals surface area contributed by atoms with Crippen molar-refractivity contribution in [2.24, 2.45) is 0 Å². The minimum atomic E-state index is -0.300. The maximum atomic E-state index is 13.2. The molecule has 2 fully saturated rings. The number of amides is 2. The highest BCUT2D eigenvalue weighted by Crippen LogP contribution is 2.14. The zero-order valence-corrected chi connectivity index (χ0v) is 13.7. The van der Waals surface area contributed by atoms with Crippen LogP contribution in [0.15, 0.2) is 24.3 Å². The van der Waals surface area contributed by atoms with Gasteiger partial charge in [0.1, 0.15) is 5.82 Å². The molecular weight excluding hydrogens is 321 g/mol. The van der Waals surface area contributed by atoms with Gasteiger partial charge in [-0.15, -0.1) is 12.4 Å². The number of carbonyl (C=O) groups excluding carboxylic acids is 2. The van der Waals surface area contributed by atoms with Crippen LogP contribution in [0.4, 0.5) is 4.39 Å². The molecule has 5 nitrogen and oxygen atoms in total. The summed E-state index contributed by atoms with van der Waals surface area (Å²) in [5.41, 5.74) is 0.769. The van der Waals surface area contributed by atoms with Crippen molar-refractivity contribution in [1.29, 1.82) is 0 Å². The number of hydrogen-bond donors (Lipinski definition) is 1. The molecule has 0 aliphatic carbocycles. The van der Waals surface area contributed by atoms with E-state index in [1.54, 1.807) is 21.9 Å². The molecule has 3 rings (SSSR count). The topological polar surface area (TPSA) is 52.7 Å². The van der Waals surface area contributed by atoms with Crippen LogP contribution in [0.5, 0.6) is 0 Å². The predicted molar refractivity (Wildman–Crippen MR) is 86.7 cm³/mol. The summed E-state index contributed by atoms with van der Waals surface area (Å²) in [4.78, 5) is 27.8. The normalized spacial score (nSPS) is 21.3. The number of nitrogens with zero attached hydrogens (tertiary/aromatic N) is 2. The Morgan fingerprint density at radius 1 is 1.35 bits per heavy atom. The van der Waals surface area contributed by atoms with E-state index in [-0.39, 0.29) is 42.6 Å². The van der Waals surface area contributed by atoms with Gasteiger partial charge in [0.25, 0.3) is 0 Å². The lowest BCUT2D eigenvalue weighted by molar-refractivity contribution is -0.146. The van der Waals surface area contributed by atoms with E-state index in [0.29, 0.717) is 19.6 Å².